The summed E-state index contributed by atoms with van der Waals surface area (Å²) in [6.45, 7) is 5.61. The SMILES string of the molecule is CO[C@@H](C)C[C@@H](C)c1cc(Br)ccc1O[C@@H](C)C(=O)O. The first-order valence-corrected chi connectivity index (χ1v) is 7.36. The summed E-state index contributed by atoms with van der Waals surface area (Å²) >= 11 is 3.44. The van der Waals surface area contributed by atoms with Gasteiger partial charge in [0.15, 0.2) is 6.10 Å². The first kappa shape index (κ1) is 17.0. The van der Waals surface area contributed by atoms with Crippen LogP contribution in [0.1, 0.15) is 38.7 Å². The van der Waals surface area contributed by atoms with E-state index in [2.05, 4.69) is 22.9 Å². The minimum atomic E-state index is -0.975. The van der Waals surface area contributed by atoms with E-state index in [9.17, 15) is 4.79 Å². The van der Waals surface area contributed by atoms with Crippen molar-refractivity contribution in [1.29, 1.82) is 0 Å². The summed E-state index contributed by atoms with van der Waals surface area (Å²) in [6, 6.07) is 5.61. The lowest BCUT2D eigenvalue weighted by Crippen LogP contribution is -2.23. The summed E-state index contributed by atoms with van der Waals surface area (Å²) in [6.07, 6.45) is 0.0980. The van der Waals surface area contributed by atoms with Gasteiger partial charge < -0.3 is 14.6 Å². The van der Waals surface area contributed by atoms with Crippen molar-refractivity contribution in [1.82, 2.24) is 0 Å². The van der Waals surface area contributed by atoms with E-state index in [-0.39, 0.29) is 12.0 Å². The molecular formula is C15H21BrO4. The van der Waals surface area contributed by atoms with Crippen LogP contribution in [0.25, 0.3) is 0 Å². The maximum Gasteiger partial charge on any atom is 0.344 e. The molecule has 0 unspecified atom stereocenters. The van der Waals surface area contributed by atoms with Gasteiger partial charge in [0.05, 0.1) is 6.10 Å². The number of aliphatic carboxylic acids is 1. The second-order valence-corrected chi connectivity index (χ2v) is 5.88. The van der Waals surface area contributed by atoms with Crippen molar-refractivity contribution in [2.45, 2.75) is 45.3 Å². The first-order valence-electron chi connectivity index (χ1n) is 6.56. The third-order valence-corrected chi connectivity index (χ3v) is 3.74. The van der Waals surface area contributed by atoms with Crippen LogP contribution in [0, 0.1) is 0 Å². The van der Waals surface area contributed by atoms with Gasteiger partial charge in [0.25, 0.3) is 0 Å². The molecule has 0 radical (unpaired) electrons. The number of methoxy groups -OCH3 is 1. The molecule has 1 N–H and O–H groups in total. The van der Waals surface area contributed by atoms with Crippen molar-refractivity contribution < 1.29 is 19.4 Å². The van der Waals surface area contributed by atoms with Gasteiger partial charge in [-0.25, -0.2) is 4.79 Å². The molecular weight excluding hydrogens is 324 g/mol. The molecule has 0 spiro atoms. The van der Waals surface area contributed by atoms with Gasteiger partial charge in [0.1, 0.15) is 5.75 Å². The van der Waals surface area contributed by atoms with Gasteiger partial charge >= 0.3 is 5.97 Å². The van der Waals surface area contributed by atoms with Crippen LogP contribution in [0.3, 0.4) is 0 Å². The van der Waals surface area contributed by atoms with E-state index in [1.165, 1.54) is 6.92 Å². The Labute approximate surface area is 128 Å². The number of benzene rings is 1. The Morgan fingerprint density at radius 1 is 1.35 bits per heavy atom. The molecule has 1 rings (SSSR count). The van der Waals surface area contributed by atoms with E-state index in [1.807, 2.05) is 19.1 Å². The Hall–Kier alpha value is -1.07. The molecule has 0 aromatic heterocycles. The molecule has 1 aromatic rings. The largest absolute Gasteiger partial charge is 0.479 e. The van der Waals surface area contributed by atoms with Crippen LogP contribution in [-0.2, 0) is 9.53 Å². The standard InChI is InChI=1S/C15H21BrO4/c1-9(7-10(2)19-4)13-8-12(16)5-6-14(13)20-11(3)15(17)18/h5-6,8-11H,7H2,1-4H3,(H,17,18)/t9-,10+,11+/m1/s1. The summed E-state index contributed by atoms with van der Waals surface area (Å²) in [5.74, 6) is -0.158. The van der Waals surface area contributed by atoms with E-state index < -0.39 is 12.1 Å². The fourth-order valence-corrected chi connectivity index (χ4v) is 2.35. The predicted molar refractivity (Wildman–Crippen MR) is 81.4 cm³/mol. The van der Waals surface area contributed by atoms with Crippen LogP contribution in [0.15, 0.2) is 22.7 Å². The first-order chi connectivity index (χ1) is 9.35. The zero-order valence-electron chi connectivity index (χ0n) is 12.2. The third kappa shape index (κ3) is 4.80. The highest BCUT2D eigenvalue weighted by molar-refractivity contribution is 9.10. The Morgan fingerprint density at radius 2 is 2.00 bits per heavy atom. The number of rotatable bonds is 7. The number of halogens is 1. The summed E-state index contributed by atoms with van der Waals surface area (Å²) in [5.41, 5.74) is 0.983. The molecule has 0 heterocycles. The third-order valence-electron chi connectivity index (χ3n) is 3.24. The van der Waals surface area contributed by atoms with Crippen molar-refractivity contribution in [3.63, 3.8) is 0 Å². The molecule has 0 aliphatic carbocycles. The van der Waals surface area contributed by atoms with Gasteiger partial charge in [-0.2, -0.15) is 0 Å². The van der Waals surface area contributed by atoms with Crippen LogP contribution in [0.5, 0.6) is 5.75 Å². The van der Waals surface area contributed by atoms with Crippen molar-refractivity contribution in [2.24, 2.45) is 0 Å². The molecule has 4 nitrogen and oxygen atoms in total. The second kappa shape index (κ2) is 7.64. The Kier molecular flexibility index (Phi) is 6.49. The van der Waals surface area contributed by atoms with Gasteiger partial charge in [0.2, 0.25) is 0 Å². The molecule has 1 aromatic carbocycles. The fraction of sp³-hybridized carbons (Fsp3) is 0.533. The quantitative estimate of drug-likeness (QED) is 0.816. The average Bonchev–Trinajstić information content (AvgIpc) is 2.40. The van der Waals surface area contributed by atoms with Crippen molar-refractivity contribution in [3.05, 3.63) is 28.2 Å². The number of ether oxygens (including phenoxy) is 2. The number of hydrogen-bond acceptors (Lipinski definition) is 3. The molecule has 112 valence electrons. The van der Waals surface area contributed by atoms with Gasteiger partial charge in [-0.15, -0.1) is 0 Å². The molecule has 20 heavy (non-hydrogen) atoms. The highest BCUT2D eigenvalue weighted by atomic mass is 79.9. The maximum atomic E-state index is 10.9. The fourth-order valence-electron chi connectivity index (χ4n) is 1.97. The molecule has 0 fully saturated rings. The smallest absolute Gasteiger partial charge is 0.344 e. The van der Waals surface area contributed by atoms with Crippen LogP contribution in [-0.4, -0.2) is 30.4 Å². The van der Waals surface area contributed by atoms with Gasteiger partial charge in [-0.3, -0.25) is 0 Å². The topological polar surface area (TPSA) is 55.8 Å². The van der Waals surface area contributed by atoms with E-state index >= 15 is 0 Å². The van der Waals surface area contributed by atoms with Gasteiger partial charge in [-0.1, -0.05) is 22.9 Å². The molecule has 0 bridgehead atoms. The molecule has 0 saturated carbocycles. The molecule has 5 heteroatoms. The Morgan fingerprint density at radius 3 is 2.55 bits per heavy atom. The summed E-state index contributed by atoms with van der Waals surface area (Å²) in [7, 11) is 1.68. The van der Waals surface area contributed by atoms with Crippen molar-refractivity contribution in [2.75, 3.05) is 7.11 Å². The molecule has 0 saturated heterocycles. The summed E-state index contributed by atoms with van der Waals surface area (Å²) in [5, 5.41) is 8.96. The molecule has 0 aliphatic rings. The highest BCUT2D eigenvalue weighted by Gasteiger charge is 2.19. The lowest BCUT2D eigenvalue weighted by molar-refractivity contribution is -0.144. The second-order valence-electron chi connectivity index (χ2n) is 4.96. The minimum absolute atomic E-state index is 0.133. The van der Waals surface area contributed by atoms with Gasteiger partial charge in [0, 0.05) is 11.6 Å². The average molecular weight is 345 g/mol. The highest BCUT2D eigenvalue weighted by Crippen LogP contribution is 2.33. The summed E-state index contributed by atoms with van der Waals surface area (Å²) < 4.78 is 11.8. The molecule has 3 atom stereocenters. The summed E-state index contributed by atoms with van der Waals surface area (Å²) in [4.78, 5) is 10.9. The minimum Gasteiger partial charge on any atom is -0.479 e. The van der Waals surface area contributed by atoms with E-state index in [0.717, 1.165) is 16.5 Å². The number of carbonyl (C=O) groups is 1. The molecule has 0 amide bonds. The normalized spacial score (nSPS) is 15.4. The Bertz CT molecular complexity index is 461. The van der Waals surface area contributed by atoms with Crippen LogP contribution in [0.4, 0.5) is 0 Å². The monoisotopic (exact) mass is 344 g/mol. The zero-order chi connectivity index (χ0) is 15.3. The van der Waals surface area contributed by atoms with Crippen LogP contribution < -0.4 is 4.74 Å². The number of hydrogen-bond donors (Lipinski definition) is 1. The lowest BCUT2D eigenvalue weighted by Gasteiger charge is -2.21. The molecule has 0 aliphatic heterocycles. The Balaban J connectivity index is 2.97. The van der Waals surface area contributed by atoms with Crippen molar-refractivity contribution in [3.8, 4) is 5.75 Å². The van der Waals surface area contributed by atoms with Crippen LogP contribution in [0.2, 0.25) is 0 Å². The van der Waals surface area contributed by atoms with Crippen molar-refractivity contribution >= 4 is 21.9 Å². The van der Waals surface area contributed by atoms with E-state index in [4.69, 9.17) is 14.6 Å². The van der Waals surface area contributed by atoms with Crippen LogP contribution >= 0.6 is 15.9 Å². The predicted octanol–water partition coefficient (Wildman–Crippen LogP) is 3.83. The van der Waals surface area contributed by atoms with E-state index in [0.29, 0.717) is 5.75 Å². The number of carboxylic acids is 1. The number of carboxylic acid groups (broad SMARTS) is 1. The maximum absolute atomic E-state index is 10.9. The van der Waals surface area contributed by atoms with E-state index in [1.54, 1.807) is 13.2 Å². The zero-order valence-corrected chi connectivity index (χ0v) is 13.8. The van der Waals surface area contributed by atoms with Gasteiger partial charge in [-0.05, 0) is 49.9 Å². The lowest BCUT2D eigenvalue weighted by atomic mass is 9.94.